The quantitative estimate of drug-likeness (QED) is 0.626. The molecule has 0 heterocycles. The molecule has 0 amide bonds. The van der Waals surface area contributed by atoms with Crippen LogP contribution in [0.1, 0.15) is 23.6 Å². The number of nitrogens with zero attached hydrogens (tertiary/aromatic N) is 1. The normalized spacial score (nSPS) is 10.8. The predicted octanol–water partition coefficient (Wildman–Crippen LogP) is 4.58. The van der Waals surface area contributed by atoms with Gasteiger partial charge in [-0.15, -0.1) is 6.58 Å². The van der Waals surface area contributed by atoms with Crippen molar-refractivity contribution < 1.29 is 9.84 Å². The number of aliphatic imine (C=N–C) groups is 1. The fourth-order valence-corrected chi connectivity index (χ4v) is 2.19. The summed E-state index contributed by atoms with van der Waals surface area (Å²) in [4.78, 5) is 4.52. The topological polar surface area (TPSA) is 41.8 Å². The van der Waals surface area contributed by atoms with Gasteiger partial charge in [0.15, 0.2) is 11.5 Å². The Bertz CT molecular complexity index is 690. The second kappa shape index (κ2) is 7.46. The number of phenolic OH excluding ortho intramolecular Hbond substituents is 1. The number of ether oxygens (including phenoxy) is 1. The Labute approximate surface area is 131 Å². The van der Waals surface area contributed by atoms with Crippen LogP contribution in [0.2, 0.25) is 0 Å². The van der Waals surface area contributed by atoms with E-state index in [0.717, 1.165) is 22.4 Å². The third kappa shape index (κ3) is 3.76. The number of rotatable bonds is 6. The molecule has 3 nitrogen and oxygen atoms in total. The number of para-hydroxylation sites is 1. The standard InChI is InChI=1S/C19H21NO2/c1-4-8-16-11-15(12-18(19(16)21)22-5-2)13-20-17-10-7-6-9-14(17)3/h4,6-7,9-13,21H,1,5,8H2,2-3H3. The van der Waals surface area contributed by atoms with Crippen molar-refractivity contribution in [1.82, 2.24) is 0 Å². The first kappa shape index (κ1) is 15.8. The fraction of sp³-hybridized carbons (Fsp3) is 0.211. The maximum Gasteiger partial charge on any atom is 0.161 e. The lowest BCUT2D eigenvalue weighted by Crippen LogP contribution is -1.96. The molecule has 0 unspecified atom stereocenters. The average molecular weight is 295 g/mol. The van der Waals surface area contributed by atoms with Crippen LogP contribution >= 0.6 is 0 Å². The number of phenols is 1. The van der Waals surface area contributed by atoms with Gasteiger partial charge in [-0.05, 0) is 49.6 Å². The molecule has 2 aromatic carbocycles. The van der Waals surface area contributed by atoms with Crippen LogP contribution in [0.25, 0.3) is 0 Å². The SMILES string of the molecule is C=CCc1cc(C=Nc2ccccc2C)cc(OCC)c1O. The molecule has 2 aromatic rings. The minimum absolute atomic E-state index is 0.176. The first-order valence-corrected chi connectivity index (χ1v) is 7.35. The van der Waals surface area contributed by atoms with Gasteiger partial charge in [0.05, 0.1) is 12.3 Å². The molecule has 2 rings (SSSR count). The number of aromatic hydroxyl groups is 1. The lowest BCUT2D eigenvalue weighted by molar-refractivity contribution is 0.317. The van der Waals surface area contributed by atoms with Crippen molar-refractivity contribution in [1.29, 1.82) is 0 Å². The molecule has 22 heavy (non-hydrogen) atoms. The van der Waals surface area contributed by atoms with Crippen LogP contribution in [0.4, 0.5) is 5.69 Å². The van der Waals surface area contributed by atoms with Gasteiger partial charge in [-0.25, -0.2) is 0 Å². The van der Waals surface area contributed by atoms with Crippen LogP contribution in [0.5, 0.6) is 11.5 Å². The van der Waals surface area contributed by atoms with E-state index >= 15 is 0 Å². The molecule has 0 aromatic heterocycles. The summed E-state index contributed by atoms with van der Waals surface area (Å²) in [6.45, 7) is 8.14. The molecule has 0 saturated carbocycles. The summed E-state index contributed by atoms with van der Waals surface area (Å²) in [7, 11) is 0. The summed E-state index contributed by atoms with van der Waals surface area (Å²) in [5.41, 5.74) is 3.72. The minimum Gasteiger partial charge on any atom is -0.504 e. The summed E-state index contributed by atoms with van der Waals surface area (Å²) < 4.78 is 5.49. The van der Waals surface area contributed by atoms with Crippen molar-refractivity contribution >= 4 is 11.9 Å². The molecule has 0 aliphatic carbocycles. The second-order valence-corrected chi connectivity index (χ2v) is 5.00. The first-order chi connectivity index (χ1) is 10.7. The Morgan fingerprint density at radius 2 is 2.05 bits per heavy atom. The Morgan fingerprint density at radius 3 is 2.73 bits per heavy atom. The highest BCUT2D eigenvalue weighted by Crippen LogP contribution is 2.32. The van der Waals surface area contributed by atoms with Gasteiger partial charge in [-0.1, -0.05) is 24.3 Å². The monoisotopic (exact) mass is 295 g/mol. The number of hydrogen-bond acceptors (Lipinski definition) is 3. The number of hydrogen-bond donors (Lipinski definition) is 1. The number of aryl methyl sites for hydroxylation is 1. The van der Waals surface area contributed by atoms with E-state index < -0.39 is 0 Å². The van der Waals surface area contributed by atoms with Crippen LogP contribution in [-0.2, 0) is 6.42 Å². The Balaban J connectivity index is 2.38. The van der Waals surface area contributed by atoms with Crippen LogP contribution in [-0.4, -0.2) is 17.9 Å². The Morgan fingerprint density at radius 1 is 1.27 bits per heavy atom. The lowest BCUT2D eigenvalue weighted by Gasteiger charge is -2.11. The van der Waals surface area contributed by atoms with E-state index in [1.807, 2.05) is 44.2 Å². The summed E-state index contributed by atoms with van der Waals surface area (Å²) in [5, 5.41) is 10.2. The van der Waals surface area contributed by atoms with Gasteiger partial charge in [-0.2, -0.15) is 0 Å². The summed E-state index contributed by atoms with van der Waals surface area (Å²) in [6, 6.07) is 11.7. The number of allylic oxidation sites excluding steroid dienone is 1. The largest absolute Gasteiger partial charge is 0.504 e. The fourth-order valence-electron chi connectivity index (χ4n) is 2.19. The molecule has 0 aliphatic rings. The van der Waals surface area contributed by atoms with Gasteiger partial charge in [0.25, 0.3) is 0 Å². The van der Waals surface area contributed by atoms with Gasteiger partial charge in [0.1, 0.15) is 0 Å². The van der Waals surface area contributed by atoms with Crippen LogP contribution in [0.3, 0.4) is 0 Å². The zero-order valence-electron chi connectivity index (χ0n) is 13.0. The van der Waals surface area contributed by atoms with Crippen molar-refractivity contribution in [3.63, 3.8) is 0 Å². The van der Waals surface area contributed by atoms with Gasteiger partial charge < -0.3 is 9.84 Å². The predicted molar refractivity (Wildman–Crippen MR) is 91.6 cm³/mol. The maximum absolute atomic E-state index is 10.2. The van der Waals surface area contributed by atoms with Crippen LogP contribution in [0.15, 0.2) is 54.0 Å². The van der Waals surface area contributed by atoms with E-state index in [-0.39, 0.29) is 5.75 Å². The first-order valence-electron chi connectivity index (χ1n) is 7.35. The molecule has 0 saturated heterocycles. The molecule has 114 valence electrons. The maximum atomic E-state index is 10.2. The molecular weight excluding hydrogens is 274 g/mol. The van der Waals surface area contributed by atoms with Gasteiger partial charge in [0.2, 0.25) is 0 Å². The number of benzene rings is 2. The molecule has 0 atom stereocenters. The van der Waals surface area contributed by atoms with Crippen molar-refractivity contribution in [3.05, 3.63) is 65.7 Å². The van der Waals surface area contributed by atoms with E-state index in [0.29, 0.717) is 18.8 Å². The smallest absolute Gasteiger partial charge is 0.161 e. The van der Waals surface area contributed by atoms with E-state index in [1.165, 1.54) is 0 Å². The second-order valence-electron chi connectivity index (χ2n) is 5.00. The molecule has 1 N–H and O–H groups in total. The summed E-state index contributed by atoms with van der Waals surface area (Å²) in [5.74, 6) is 0.655. The molecule has 3 heteroatoms. The molecule has 0 bridgehead atoms. The van der Waals surface area contributed by atoms with Gasteiger partial charge in [-0.3, -0.25) is 4.99 Å². The van der Waals surface area contributed by atoms with E-state index in [1.54, 1.807) is 18.4 Å². The van der Waals surface area contributed by atoms with Crippen molar-refractivity contribution in [2.45, 2.75) is 20.3 Å². The van der Waals surface area contributed by atoms with Crippen molar-refractivity contribution in [2.75, 3.05) is 6.61 Å². The van der Waals surface area contributed by atoms with E-state index in [9.17, 15) is 5.11 Å². The lowest BCUT2D eigenvalue weighted by atomic mass is 10.1. The minimum atomic E-state index is 0.176. The van der Waals surface area contributed by atoms with Gasteiger partial charge in [0, 0.05) is 11.8 Å². The Kier molecular flexibility index (Phi) is 5.37. The van der Waals surface area contributed by atoms with Crippen LogP contribution < -0.4 is 4.74 Å². The average Bonchev–Trinajstić information content (AvgIpc) is 2.51. The molecule has 0 spiro atoms. The van der Waals surface area contributed by atoms with Gasteiger partial charge >= 0.3 is 0 Å². The highest BCUT2D eigenvalue weighted by Gasteiger charge is 2.09. The van der Waals surface area contributed by atoms with E-state index in [2.05, 4.69) is 11.6 Å². The highest BCUT2D eigenvalue weighted by atomic mass is 16.5. The zero-order chi connectivity index (χ0) is 15.9. The highest BCUT2D eigenvalue weighted by molar-refractivity contribution is 5.84. The zero-order valence-corrected chi connectivity index (χ0v) is 13.0. The Hall–Kier alpha value is -2.55. The van der Waals surface area contributed by atoms with Crippen molar-refractivity contribution in [2.24, 2.45) is 4.99 Å². The van der Waals surface area contributed by atoms with E-state index in [4.69, 9.17) is 4.74 Å². The third-order valence-corrected chi connectivity index (χ3v) is 3.31. The molecule has 0 radical (unpaired) electrons. The molecular formula is C19H21NO2. The molecule has 0 aliphatic heterocycles. The summed E-state index contributed by atoms with van der Waals surface area (Å²) >= 11 is 0. The van der Waals surface area contributed by atoms with Crippen LogP contribution in [0, 0.1) is 6.92 Å². The van der Waals surface area contributed by atoms with Crippen molar-refractivity contribution in [3.8, 4) is 11.5 Å². The summed E-state index contributed by atoms with van der Waals surface area (Å²) in [6.07, 6.45) is 4.13. The third-order valence-electron chi connectivity index (χ3n) is 3.31. The molecule has 0 fully saturated rings.